The van der Waals surface area contributed by atoms with Crippen LogP contribution in [0.25, 0.3) is 0 Å². The van der Waals surface area contributed by atoms with E-state index in [2.05, 4.69) is 15.2 Å². The first-order valence-electron chi connectivity index (χ1n) is 5.32. The minimum atomic E-state index is -0.185. The average molecular weight is 225 g/mol. The summed E-state index contributed by atoms with van der Waals surface area (Å²) in [7, 11) is 3.30. The zero-order valence-corrected chi connectivity index (χ0v) is 10.3. The Morgan fingerprint density at radius 2 is 2.38 bits per heavy atom. The first-order chi connectivity index (χ1) is 7.54. The number of carbonyl (C=O) groups excluding carboxylic acids is 1. The van der Waals surface area contributed by atoms with Gasteiger partial charge in [0, 0.05) is 31.9 Å². The van der Waals surface area contributed by atoms with Crippen molar-refractivity contribution in [3.8, 4) is 0 Å². The second-order valence-corrected chi connectivity index (χ2v) is 3.97. The molecule has 0 saturated carbocycles. The molecule has 0 saturated heterocycles. The summed E-state index contributed by atoms with van der Waals surface area (Å²) >= 11 is 0. The van der Waals surface area contributed by atoms with Gasteiger partial charge in [0.15, 0.2) is 0 Å². The number of methoxy groups -OCH3 is 1. The molecule has 0 aliphatic heterocycles. The fourth-order valence-electron chi connectivity index (χ4n) is 1.53. The van der Waals surface area contributed by atoms with Crippen LogP contribution in [-0.4, -0.2) is 29.4 Å². The summed E-state index contributed by atoms with van der Waals surface area (Å²) in [5.41, 5.74) is 2.17. The van der Waals surface area contributed by atoms with E-state index in [1.54, 1.807) is 4.68 Å². The van der Waals surface area contributed by atoms with Gasteiger partial charge in [-0.2, -0.15) is 5.10 Å². The molecule has 0 aliphatic carbocycles. The van der Waals surface area contributed by atoms with Crippen LogP contribution in [0.3, 0.4) is 0 Å². The van der Waals surface area contributed by atoms with Crippen molar-refractivity contribution < 1.29 is 9.53 Å². The van der Waals surface area contributed by atoms with E-state index in [0.29, 0.717) is 6.54 Å². The monoisotopic (exact) mass is 225 g/mol. The number of ether oxygens (including phenoxy) is 1. The van der Waals surface area contributed by atoms with Gasteiger partial charge in [-0.3, -0.25) is 9.48 Å². The minimum Gasteiger partial charge on any atom is -0.469 e. The van der Waals surface area contributed by atoms with Crippen molar-refractivity contribution in [1.29, 1.82) is 0 Å². The average Bonchev–Trinajstić information content (AvgIpc) is 2.56. The Morgan fingerprint density at radius 1 is 1.69 bits per heavy atom. The molecule has 0 fully saturated rings. The van der Waals surface area contributed by atoms with E-state index in [4.69, 9.17) is 0 Å². The normalized spacial score (nSPS) is 12.5. The number of nitrogens with one attached hydrogen (secondary N) is 1. The maximum Gasteiger partial charge on any atom is 0.309 e. The second kappa shape index (κ2) is 5.65. The summed E-state index contributed by atoms with van der Waals surface area (Å²) in [4.78, 5) is 11.1. The molecular weight excluding hydrogens is 206 g/mol. The number of nitrogens with zero attached hydrogens (tertiary/aromatic N) is 2. The number of aryl methyl sites for hydroxylation is 2. The van der Waals surface area contributed by atoms with Crippen LogP contribution in [-0.2, 0) is 23.1 Å². The third-order valence-electron chi connectivity index (χ3n) is 2.48. The third kappa shape index (κ3) is 3.34. The fourth-order valence-corrected chi connectivity index (χ4v) is 1.53. The zero-order chi connectivity index (χ0) is 12.1. The molecule has 16 heavy (non-hydrogen) atoms. The molecular formula is C11H19N3O2. The van der Waals surface area contributed by atoms with E-state index in [9.17, 15) is 4.79 Å². The smallest absolute Gasteiger partial charge is 0.309 e. The molecule has 0 aliphatic rings. The highest BCUT2D eigenvalue weighted by Gasteiger charge is 2.12. The quantitative estimate of drug-likeness (QED) is 0.747. The van der Waals surface area contributed by atoms with Crippen molar-refractivity contribution in [2.24, 2.45) is 13.0 Å². The van der Waals surface area contributed by atoms with Gasteiger partial charge in [0.2, 0.25) is 0 Å². The van der Waals surface area contributed by atoms with Gasteiger partial charge >= 0.3 is 5.97 Å². The van der Waals surface area contributed by atoms with E-state index in [0.717, 1.165) is 17.8 Å². The number of hydrogen-bond donors (Lipinski definition) is 1. The molecule has 1 aromatic heterocycles. The summed E-state index contributed by atoms with van der Waals surface area (Å²) in [5.74, 6) is -0.308. The summed E-state index contributed by atoms with van der Waals surface area (Å²) in [5, 5.41) is 7.46. The molecule has 0 radical (unpaired) electrons. The Labute approximate surface area is 95.8 Å². The molecule has 1 N–H and O–H groups in total. The maximum atomic E-state index is 11.1. The topological polar surface area (TPSA) is 56.1 Å². The van der Waals surface area contributed by atoms with Crippen molar-refractivity contribution in [3.05, 3.63) is 17.5 Å². The van der Waals surface area contributed by atoms with Crippen LogP contribution in [0.4, 0.5) is 0 Å². The van der Waals surface area contributed by atoms with E-state index in [1.807, 2.05) is 27.1 Å². The highest BCUT2D eigenvalue weighted by Crippen LogP contribution is 2.04. The summed E-state index contributed by atoms with van der Waals surface area (Å²) < 4.78 is 6.43. The summed E-state index contributed by atoms with van der Waals surface area (Å²) in [6.07, 6.45) is 1.98. The van der Waals surface area contributed by atoms with Crippen molar-refractivity contribution >= 4 is 5.97 Å². The number of hydrogen-bond acceptors (Lipinski definition) is 4. The van der Waals surface area contributed by atoms with Crippen LogP contribution < -0.4 is 5.32 Å². The Balaban J connectivity index is 2.36. The van der Waals surface area contributed by atoms with Gasteiger partial charge in [-0.15, -0.1) is 0 Å². The second-order valence-electron chi connectivity index (χ2n) is 3.97. The van der Waals surface area contributed by atoms with Crippen LogP contribution in [0.1, 0.15) is 18.2 Å². The predicted molar refractivity (Wildman–Crippen MR) is 60.8 cm³/mol. The SMILES string of the molecule is COC(=O)C(C)CNCc1cn(C)nc1C. The van der Waals surface area contributed by atoms with Gasteiger partial charge in [-0.05, 0) is 6.92 Å². The van der Waals surface area contributed by atoms with Crippen LogP contribution in [0.2, 0.25) is 0 Å². The van der Waals surface area contributed by atoms with Gasteiger partial charge in [-0.25, -0.2) is 0 Å². The molecule has 5 heteroatoms. The van der Waals surface area contributed by atoms with E-state index < -0.39 is 0 Å². The van der Waals surface area contributed by atoms with E-state index >= 15 is 0 Å². The molecule has 0 spiro atoms. The van der Waals surface area contributed by atoms with Gasteiger partial charge in [-0.1, -0.05) is 6.92 Å². The molecule has 0 amide bonds. The Bertz CT molecular complexity index is 360. The molecule has 1 heterocycles. The van der Waals surface area contributed by atoms with E-state index in [-0.39, 0.29) is 11.9 Å². The highest BCUT2D eigenvalue weighted by molar-refractivity contribution is 5.71. The van der Waals surface area contributed by atoms with Crippen LogP contribution in [0.5, 0.6) is 0 Å². The van der Waals surface area contributed by atoms with Crippen molar-refractivity contribution in [3.63, 3.8) is 0 Å². The van der Waals surface area contributed by atoms with Gasteiger partial charge in [0.25, 0.3) is 0 Å². The van der Waals surface area contributed by atoms with Crippen LogP contribution >= 0.6 is 0 Å². The molecule has 0 aromatic carbocycles. The first kappa shape index (κ1) is 12.7. The Hall–Kier alpha value is -1.36. The molecule has 0 bridgehead atoms. The molecule has 1 unspecified atom stereocenters. The standard InChI is InChI=1S/C11H19N3O2/c1-8(11(15)16-4)5-12-6-10-7-14(3)13-9(10)2/h7-8,12H,5-6H2,1-4H3. The number of esters is 1. The summed E-state index contributed by atoms with van der Waals surface area (Å²) in [6.45, 7) is 5.15. The molecule has 90 valence electrons. The number of aromatic nitrogens is 2. The maximum absolute atomic E-state index is 11.1. The Morgan fingerprint density at radius 3 is 2.88 bits per heavy atom. The number of carbonyl (C=O) groups is 1. The zero-order valence-electron chi connectivity index (χ0n) is 10.3. The van der Waals surface area contributed by atoms with Crippen LogP contribution in [0, 0.1) is 12.8 Å². The Kier molecular flexibility index (Phi) is 4.49. The lowest BCUT2D eigenvalue weighted by Crippen LogP contribution is -2.27. The third-order valence-corrected chi connectivity index (χ3v) is 2.48. The molecule has 1 rings (SSSR count). The minimum absolute atomic E-state index is 0.123. The lowest BCUT2D eigenvalue weighted by atomic mass is 10.2. The van der Waals surface area contributed by atoms with Gasteiger partial charge in [0.05, 0.1) is 18.7 Å². The van der Waals surface area contributed by atoms with Crippen molar-refractivity contribution in [2.45, 2.75) is 20.4 Å². The van der Waals surface area contributed by atoms with Crippen molar-refractivity contribution in [2.75, 3.05) is 13.7 Å². The first-order valence-corrected chi connectivity index (χ1v) is 5.32. The van der Waals surface area contributed by atoms with Gasteiger partial charge in [0.1, 0.15) is 0 Å². The molecule has 1 aromatic rings. The summed E-state index contributed by atoms with van der Waals surface area (Å²) in [6, 6.07) is 0. The van der Waals surface area contributed by atoms with Gasteiger partial charge < -0.3 is 10.1 Å². The predicted octanol–water partition coefficient (Wildman–Crippen LogP) is 0.627. The highest BCUT2D eigenvalue weighted by atomic mass is 16.5. The largest absolute Gasteiger partial charge is 0.469 e. The van der Waals surface area contributed by atoms with Crippen molar-refractivity contribution in [1.82, 2.24) is 15.1 Å². The van der Waals surface area contributed by atoms with E-state index in [1.165, 1.54) is 7.11 Å². The lowest BCUT2D eigenvalue weighted by Gasteiger charge is -2.09. The molecule has 1 atom stereocenters. The van der Waals surface area contributed by atoms with Crippen LogP contribution in [0.15, 0.2) is 6.20 Å². The fraction of sp³-hybridized carbons (Fsp3) is 0.636. The molecule has 5 nitrogen and oxygen atoms in total. The number of rotatable bonds is 5. The lowest BCUT2D eigenvalue weighted by molar-refractivity contribution is -0.144.